The average Bonchev–Trinajstić information content (AvgIpc) is 3.90. The van der Waals surface area contributed by atoms with Gasteiger partial charge in [-0.25, -0.2) is 12.8 Å². The van der Waals surface area contributed by atoms with Gasteiger partial charge in [0.05, 0.1) is 34.6 Å². The van der Waals surface area contributed by atoms with Crippen molar-refractivity contribution in [3.05, 3.63) is 102 Å². The van der Waals surface area contributed by atoms with Crippen LogP contribution < -0.4 is 16.0 Å². The molecule has 0 radical (unpaired) electrons. The molecule has 1 aliphatic rings. The van der Waals surface area contributed by atoms with Crippen LogP contribution in [0.5, 0.6) is 0 Å². The van der Waals surface area contributed by atoms with Gasteiger partial charge in [0.25, 0.3) is 0 Å². The van der Waals surface area contributed by atoms with Crippen molar-refractivity contribution in [1.82, 2.24) is 30.2 Å². The van der Waals surface area contributed by atoms with E-state index >= 15 is 0 Å². The number of hydrogen-bond donors (Lipinski definition) is 4. The summed E-state index contributed by atoms with van der Waals surface area (Å²) in [4.78, 5) is 35.9. The van der Waals surface area contributed by atoms with Crippen LogP contribution in [0.2, 0.25) is 0 Å². The lowest BCUT2D eigenvalue weighted by Gasteiger charge is -2.34. The van der Waals surface area contributed by atoms with Crippen molar-refractivity contribution in [1.29, 1.82) is 0 Å². The highest BCUT2D eigenvalue weighted by molar-refractivity contribution is 7.89. The van der Waals surface area contributed by atoms with E-state index in [9.17, 15) is 27.5 Å². The molecule has 3 aromatic carbocycles. The van der Waals surface area contributed by atoms with E-state index < -0.39 is 51.0 Å². The standard InChI is InChI=1S/C39H49FN6O5S/c1-26(2)24-46(52(50,51)30-14-15-31-32(22-30)42-19-18-41-31)25-34(47)33(20-27-10-7-6-8-11-27)44-37(49)36(38(3,4)5)45-35(48)23-43-39(16-17-39)28-12-9-13-29(40)21-28/h6-15,18-19,21-22,26,33-34,36,43,47H,16-17,20,23-25H2,1-5H3,(H,44,49)(H,45,48)/t33-,34+,36+/m0/s1. The van der Waals surface area contributed by atoms with Crippen LogP contribution in [0.3, 0.4) is 0 Å². The molecule has 52 heavy (non-hydrogen) atoms. The molecule has 1 saturated carbocycles. The Hall–Kier alpha value is -4.30. The van der Waals surface area contributed by atoms with Crippen molar-refractivity contribution in [2.45, 2.75) is 82.5 Å². The zero-order chi connectivity index (χ0) is 37.7. The van der Waals surface area contributed by atoms with Gasteiger partial charge in [0.2, 0.25) is 21.8 Å². The van der Waals surface area contributed by atoms with E-state index in [1.165, 1.54) is 41.0 Å². The van der Waals surface area contributed by atoms with Crippen LogP contribution in [0.25, 0.3) is 11.0 Å². The summed E-state index contributed by atoms with van der Waals surface area (Å²) in [6, 6.07) is 18.2. The molecule has 278 valence electrons. The minimum atomic E-state index is -4.10. The van der Waals surface area contributed by atoms with Gasteiger partial charge in [-0.2, -0.15) is 4.31 Å². The smallest absolute Gasteiger partial charge is 0.243 e. The van der Waals surface area contributed by atoms with Gasteiger partial charge < -0.3 is 15.7 Å². The fourth-order valence-corrected chi connectivity index (χ4v) is 7.94. The summed E-state index contributed by atoms with van der Waals surface area (Å²) in [5, 5.41) is 20.9. The first-order chi connectivity index (χ1) is 24.6. The Morgan fingerprint density at radius 1 is 0.923 bits per heavy atom. The summed E-state index contributed by atoms with van der Waals surface area (Å²) >= 11 is 0. The minimum absolute atomic E-state index is 0.0199. The first-order valence-electron chi connectivity index (χ1n) is 17.6. The highest BCUT2D eigenvalue weighted by Crippen LogP contribution is 2.45. The quantitative estimate of drug-likeness (QED) is 0.133. The van der Waals surface area contributed by atoms with E-state index in [-0.39, 0.29) is 42.7 Å². The normalized spacial score (nSPS) is 16.0. The van der Waals surface area contributed by atoms with Crippen molar-refractivity contribution in [3.63, 3.8) is 0 Å². The molecule has 0 spiro atoms. The molecule has 0 aliphatic heterocycles. The Morgan fingerprint density at radius 2 is 1.62 bits per heavy atom. The van der Waals surface area contributed by atoms with Gasteiger partial charge in [-0.1, -0.05) is 77.1 Å². The molecule has 0 saturated heterocycles. The van der Waals surface area contributed by atoms with Crippen molar-refractivity contribution in [3.8, 4) is 0 Å². The lowest BCUT2D eigenvalue weighted by molar-refractivity contribution is -0.132. The van der Waals surface area contributed by atoms with Gasteiger partial charge in [0.1, 0.15) is 11.9 Å². The van der Waals surface area contributed by atoms with Gasteiger partial charge in [0.15, 0.2) is 0 Å². The first kappa shape index (κ1) is 38.9. The molecule has 5 rings (SSSR count). The molecule has 1 aromatic heterocycles. The van der Waals surface area contributed by atoms with Gasteiger partial charge in [-0.15, -0.1) is 0 Å². The van der Waals surface area contributed by atoms with Crippen molar-refractivity contribution in [2.24, 2.45) is 11.3 Å². The third-order valence-electron chi connectivity index (χ3n) is 9.28. The average molecular weight is 733 g/mol. The summed E-state index contributed by atoms with van der Waals surface area (Å²) in [5.41, 5.74) is 1.35. The SMILES string of the molecule is CC(C)CN(C[C@@H](O)[C@H](Cc1ccccc1)NC(=O)[C@@H](NC(=O)CNC1(c2cccc(F)c2)CC1)C(C)(C)C)S(=O)(=O)c1ccc2nccnc2c1. The molecule has 1 aliphatic carbocycles. The molecular weight excluding hydrogens is 684 g/mol. The predicted molar refractivity (Wildman–Crippen MR) is 198 cm³/mol. The van der Waals surface area contributed by atoms with Gasteiger partial charge >= 0.3 is 0 Å². The number of hydrogen-bond acceptors (Lipinski definition) is 8. The Kier molecular flexibility index (Phi) is 12.1. The maximum atomic E-state index is 14.1. The second kappa shape index (κ2) is 16.2. The molecule has 2 amide bonds. The summed E-state index contributed by atoms with van der Waals surface area (Å²) in [5.74, 6) is -1.35. The summed E-state index contributed by atoms with van der Waals surface area (Å²) < 4.78 is 43.3. The maximum Gasteiger partial charge on any atom is 0.243 e. The molecule has 1 fully saturated rings. The predicted octanol–water partition coefficient (Wildman–Crippen LogP) is 4.31. The van der Waals surface area contributed by atoms with Crippen LogP contribution in [0, 0.1) is 17.2 Å². The number of carbonyl (C=O) groups is 2. The summed E-state index contributed by atoms with van der Waals surface area (Å²) in [6.45, 7) is 8.99. The number of benzene rings is 3. The van der Waals surface area contributed by atoms with E-state index in [0.717, 1.165) is 24.0 Å². The lowest BCUT2D eigenvalue weighted by Crippen LogP contribution is -2.59. The number of amides is 2. The first-order valence-corrected chi connectivity index (χ1v) is 19.1. The van der Waals surface area contributed by atoms with Gasteiger partial charge in [0, 0.05) is 31.0 Å². The van der Waals surface area contributed by atoms with E-state index in [4.69, 9.17) is 0 Å². The number of nitrogens with one attached hydrogen (secondary N) is 3. The second-order valence-corrected chi connectivity index (χ2v) is 17.0. The molecule has 3 atom stereocenters. The molecule has 11 nitrogen and oxygen atoms in total. The molecule has 4 aromatic rings. The van der Waals surface area contributed by atoms with E-state index in [1.807, 2.05) is 71.0 Å². The third kappa shape index (κ3) is 9.77. The van der Waals surface area contributed by atoms with E-state index in [0.29, 0.717) is 11.0 Å². The van der Waals surface area contributed by atoms with Crippen molar-refractivity contribution >= 4 is 32.9 Å². The zero-order valence-corrected chi connectivity index (χ0v) is 31.2. The van der Waals surface area contributed by atoms with Crippen LogP contribution in [-0.4, -0.2) is 77.4 Å². The highest BCUT2D eigenvalue weighted by atomic mass is 32.2. The maximum absolute atomic E-state index is 14.1. The number of sulfonamides is 1. The number of aliphatic hydroxyl groups excluding tert-OH is 1. The molecule has 4 N–H and O–H groups in total. The number of aliphatic hydroxyl groups is 1. The minimum Gasteiger partial charge on any atom is -0.390 e. The zero-order valence-electron chi connectivity index (χ0n) is 30.3. The summed E-state index contributed by atoms with van der Waals surface area (Å²) in [7, 11) is -4.10. The highest BCUT2D eigenvalue weighted by Gasteiger charge is 2.45. The molecule has 1 heterocycles. The Bertz CT molecular complexity index is 1970. The van der Waals surface area contributed by atoms with Gasteiger partial charge in [-0.3, -0.25) is 24.9 Å². The number of halogens is 1. The van der Waals surface area contributed by atoms with Crippen LogP contribution >= 0.6 is 0 Å². The fourth-order valence-electron chi connectivity index (χ4n) is 6.30. The number of rotatable bonds is 16. The molecular formula is C39H49FN6O5S. The van der Waals surface area contributed by atoms with Crippen molar-refractivity contribution < 1.29 is 27.5 Å². The number of fused-ring (bicyclic) bond motifs is 1. The van der Waals surface area contributed by atoms with Crippen LogP contribution in [0.15, 0.2) is 90.1 Å². The third-order valence-corrected chi connectivity index (χ3v) is 11.1. The van der Waals surface area contributed by atoms with Crippen LogP contribution in [0.1, 0.15) is 58.6 Å². The molecule has 13 heteroatoms. The second-order valence-electron chi connectivity index (χ2n) is 15.1. The van der Waals surface area contributed by atoms with Gasteiger partial charge in [-0.05, 0) is 72.1 Å². The fraction of sp³-hybridized carbons (Fsp3) is 0.436. The Balaban J connectivity index is 1.34. The number of aromatic nitrogens is 2. The molecule has 0 bridgehead atoms. The van der Waals surface area contributed by atoms with Crippen molar-refractivity contribution in [2.75, 3.05) is 19.6 Å². The topological polar surface area (TPSA) is 154 Å². The number of nitrogens with zero attached hydrogens (tertiary/aromatic N) is 3. The molecule has 0 unspecified atom stereocenters. The lowest BCUT2D eigenvalue weighted by atomic mass is 9.85. The largest absolute Gasteiger partial charge is 0.390 e. The van der Waals surface area contributed by atoms with Crippen LogP contribution in [-0.2, 0) is 31.6 Å². The summed E-state index contributed by atoms with van der Waals surface area (Å²) in [6.07, 6.45) is 3.42. The number of carbonyl (C=O) groups excluding carboxylic acids is 2. The Morgan fingerprint density at radius 3 is 2.25 bits per heavy atom. The van der Waals surface area contributed by atoms with E-state index in [2.05, 4.69) is 25.9 Å². The van der Waals surface area contributed by atoms with E-state index in [1.54, 1.807) is 12.1 Å². The monoisotopic (exact) mass is 732 g/mol. The Labute approximate surface area is 305 Å². The van der Waals surface area contributed by atoms with Crippen LogP contribution in [0.4, 0.5) is 4.39 Å².